The maximum Gasteiger partial charge on any atom is 0.330 e. The van der Waals surface area contributed by atoms with Gasteiger partial charge in [0.2, 0.25) is 17.6 Å². The molecule has 3 saturated carbocycles. The first-order valence-electron chi connectivity index (χ1n) is 17.7. The lowest BCUT2D eigenvalue weighted by molar-refractivity contribution is -0.184. The summed E-state index contributed by atoms with van der Waals surface area (Å²) in [6.07, 6.45) is 3.91. The van der Waals surface area contributed by atoms with Gasteiger partial charge in [-0.15, -0.1) is 0 Å². The van der Waals surface area contributed by atoms with Crippen LogP contribution in [0, 0.1) is 34.5 Å². The average Bonchev–Trinajstić information content (AvgIpc) is 3.34. The predicted molar refractivity (Wildman–Crippen MR) is 180 cm³/mol. The summed E-state index contributed by atoms with van der Waals surface area (Å²) in [6.45, 7) is 6.69. The van der Waals surface area contributed by atoms with Crippen LogP contribution in [0.3, 0.4) is 0 Å². The fourth-order valence-electron chi connectivity index (χ4n) is 9.65. The largest absolute Gasteiger partial charge is 0.479 e. The number of aliphatic hydroxyl groups excluding tert-OH is 1. The molecule has 5 rings (SSSR count). The first-order chi connectivity index (χ1) is 23.5. The molecule has 4 aliphatic carbocycles. The van der Waals surface area contributed by atoms with E-state index in [1.807, 2.05) is 6.92 Å². The maximum absolute atomic E-state index is 13.6. The molecular weight excluding hydrogens is 644 g/mol. The molecule has 5 N–H and O–H groups in total. The number of ketones is 2. The number of amides is 2. The van der Waals surface area contributed by atoms with Crippen molar-refractivity contribution in [1.29, 1.82) is 0 Å². The van der Waals surface area contributed by atoms with Crippen LogP contribution in [0.2, 0.25) is 0 Å². The van der Waals surface area contributed by atoms with Gasteiger partial charge in [0.25, 0.3) is 0 Å². The molecule has 0 radical (unpaired) electrons. The number of allylic oxidation sites excluding steroid dienone is 1. The first kappa shape index (κ1) is 37.4. The number of nitrogens with one attached hydrogen (secondary N) is 2. The minimum absolute atomic E-state index is 0.0233. The summed E-state index contributed by atoms with van der Waals surface area (Å²) >= 11 is 0. The first-order valence-corrected chi connectivity index (χ1v) is 17.7. The molecule has 12 heteroatoms. The summed E-state index contributed by atoms with van der Waals surface area (Å²) in [4.78, 5) is 76.0. The van der Waals surface area contributed by atoms with Crippen molar-refractivity contribution in [3.05, 3.63) is 47.5 Å². The van der Waals surface area contributed by atoms with E-state index in [1.54, 1.807) is 50.3 Å². The van der Waals surface area contributed by atoms with E-state index in [-0.39, 0.29) is 54.6 Å². The monoisotopic (exact) mass is 694 g/mol. The van der Waals surface area contributed by atoms with Crippen LogP contribution in [-0.2, 0) is 33.5 Å². The molecule has 272 valence electrons. The Bertz CT molecular complexity index is 1560. The van der Waals surface area contributed by atoms with Crippen molar-refractivity contribution in [2.75, 3.05) is 6.61 Å². The number of hydrogen-bond donors (Lipinski definition) is 5. The van der Waals surface area contributed by atoms with E-state index < -0.39 is 71.3 Å². The average molecular weight is 695 g/mol. The van der Waals surface area contributed by atoms with Gasteiger partial charge in [-0.25, -0.2) is 4.79 Å². The van der Waals surface area contributed by atoms with Gasteiger partial charge in [-0.3, -0.25) is 24.0 Å². The smallest absolute Gasteiger partial charge is 0.330 e. The molecule has 0 bridgehead atoms. The third-order valence-corrected chi connectivity index (χ3v) is 12.4. The van der Waals surface area contributed by atoms with E-state index >= 15 is 0 Å². The molecule has 0 spiro atoms. The molecule has 0 unspecified atom stereocenters. The highest BCUT2D eigenvalue weighted by molar-refractivity contribution is 5.93. The van der Waals surface area contributed by atoms with Crippen LogP contribution in [0.15, 0.2) is 42.0 Å². The number of aliphatic carboxylic acids is 1. The number of carboxylic acids is 1. The van der Waals surface area contributed by atoms with Gasteiger partial charge in [0, 0.05) is 18.3 Å². The summed E-state index contributed by atoms with van der Waals surface area (Å²) < 4.78 is 5.24. The number of carbonyl (C=O) groups excluding carboxylic acids is 5. The summed E-state index contributed by atoms with van der Waals surface area (Å²) in [5.74, 6) is -4.35. The molecule has 2 amide bonds. The molecule has 3 fully saturated rings. The maximum atomic E-state index is 13.6. The van der Waals surface area contributed by atoms with Crippen LogP contribution in [0.1, 0.15) is 97.1 Å². The van der Waals surface area contributed by atoms with Crippen molar-refractivity contribution in [1.82, 2.24) is 10.6 Å². The fourth-order valence-corrected chi connectivity index (χ4v) is 9.65. The number of hydrogen-bond acceptors (Lipinski definition) is 9. The molecule has 50 heavy (non-hydrogen) atoms. The number of rotatable bonds is 12. The van der Waals surface area contributed by atoms with Crippen LogP contribution in [-0.4, -0.2) is 75.0 Å². The highest BCUT2D eigenvalue weighted by Gasteiger charge is 2.68. The zero-order valence-electron chi connectivity index (χ0n) is 29.3. The Morgan fingerprint density at radius 1 is 0.980 bits per heavy atom. The number of carbonyl (C=O) groups is 6. The molecule has 1 aromatic carbocycles. The Morgan fingerprint density at radius 3 is 2.34 bits per heavy atom. The molecule has 12 nitrogen and oxygen atoms in total. The van der Waals surface area contributed by atoms with E-state index in [1.165, 1.54) is 0 Å². The topological polar surface area (TPSA) is 196 Å². The fraction of sp³-hybridized carbons (Fsp3) is 0.632. The molecule has 4 aliphatic rings. The SMILES string of the molecule is CC(C)[C@H](NC(=O)CCC(=O)OCC(=O)[C@@]1(O)CC[C@H]2[C@@H]3CCC4=CC(=O)CC[C@]4(C)[C@H]3[C@@H](O)C[C@@]21C)C(=O)N[C@H](C(=O)O)c1ccccc1. The lowest BCUT2D eigenvalue weighted by atomic mass is 9.45. The summed E-state index contributed by atoms with van der Waals surface area (Å²) in [7, 11) is 0. The van der Waals surface area contributed by atoms with Gasteiger partial charge >= 0.3 is 11.9 Å². The van der Waals surface area contributed by atoms with E-state index in [4.69, 9.17) is 4.74 Å². The van der Waals surface area contributed by atoms with Crippen molar-refractivity contribution in [3.63, 3.8) is 0 Å². The summed E-state index contributed by atoms with van der Waals surface area (Å²) in [6, 6.07) is 5.77. The van der Waals surface area contributed by atoms with Gasteiger partial charge in [-0.1, -0.05) is 63.6 Å². The second-order valence-electron chi connectivity index (χ2n) is 15.5. The van der Waals surface area contributed by atoms with Crippen molar-refractivity contribution >= 4 is 35.3 Å². The van der Waals surface area contributed by atoms with E-state index in [2.05, 4.69) is 17.6 Å². The third-order valence-electron chi connectivity index (χ3n) is 12.4. The Labute approximate surface area is 292 Å². The van der Waals surface area contributed by atoms with Crippen LogP contribution in [0.4, 0.5) is 0 Å². The highest BCUT2D eigenvalue weighted by Crippen LogP contribution is 2.67. The molecule has 0 aliphatic heterocycles. The second-order valence-corrected chi connectivity index (χ2v) is 15.5. The standard InChI is InChI=1S/C38H50N2O10/c1-21(2)32(34(46)40-33(35(47)48)22-8-6-5-7-9-22)39-29(44)12-13-30(45)50-20-28(43)38(49)17-15-26-25-11-10-23-18-24(41)14-16-36(23,3)31(25)27(42)19-37(26,38)4/h5-9,18,21,25-27,31-33,42,49H,10-17,19-20H2,1-4H3,(H,39,44)(H,40,46)(H,47,48)/t25-,26-,27-,31+,32-,33-,36-,37-,38-/m0/s1. The minimum Gasteiger partial charge on any atom is -0.479 e. The number of benzene rings is 1. The molecule has 0 saturated heterocycles. The molecule has 9 atom stereocenters. The number of Topliss-reactive ketones (excluding diaryl/α,β-unsaturated/α-hetero) is 1. The normalized spacial score (nSPS) is 32.8. The summed E-state index contributed by atoms with van der Waals surface area (Å²) in [5.41, 5.74) is -1.56. The number of aliphatic hydroxyl groups is 2. The minimum atomic E-state index is -1.80. The lowest BCUT2D eigenvalue weighted by Crippen LogP contribution is -2.62. The van der Waals surface area contributed by atoms with Crippen LogP contribution in [0.25, 0.3) is 0 Å². The highest BCUT2D eigenvalue weighted by atomic mass is 16.5. The Hall–Kier alpha value is -3.90. The van der Waals surface area contributed by atoms with E-state index in [0.29, 0.717) is 24.8 Å². The van der Waals surface area contributed by atoms with Crippen molar-refractivity contribution in [2.45, 2.75) is 109 Å². The van der Waals surface area contributed by atoms with Gasteiger partial charge in [-0.2, -0.15) is 0 Å². The van der Waals surface area contributed by atoms with Crippen LogP contribution < -0.4 is 10.6 Å². The quantitative estimate of drug-likeness (QED) is 0.203. The van der Waals surface area contributed by atoms with Gasteiger partial charge in [0.15, 0.2) is 18.4 Å². The van der Waals surface area contributed by atoms with Gasteiger partial charge in [0.1, 0.15) is 11.6 Å². The number of carboxylic acid groups (broad SMARTS) is 1. The molecule has 1 aromatic rings. The zero-order chi connectivity index (χ0) is 36.6. The van der Waals surface area contributed by atoms with Gasteiger partial charge in [0.05, 0.1) is 12.5 Å². The van der Waals surface area contributed by atoms with E-state index in [0.717, 1.165) is 18.4 Å². The second kappa shape index (κ2) is 14.4. The zero-order valence-corrected chi connectivity index (χ0v) is 29.3. The Balaban J connectivity index is 1.14. The summed E-state index contributed by atoms with van der Waals surface area (Å²) in [5, 5.41) is 38.2. The lowest BCUT2D eigenvalue weighted by Gasteiger charge is -2.60. The van der Waals surface area contributed by atoms with Gasteiger partial charge < -0.3 is 30.7 Å². The van der Waals surface area contributed by atoms with Crippen LogP contribution >= 0.6 is 0 Å². The molecular formula is C38H50N2O10. The number of esters is 1. The number of ether oxygens (including phenoxy) is 1. The van der Waals surface area contributed by atoms with Gasteiger partial charge in [-0.05, 0) is 79.3 Å². The predicted octanol–water partition coefficient (Wildman–Crippen LogP) is 3.20. The van der Waals surface area contributed by atoms with E-state index in [9.17, 15) is 44.1 Å². The Morgan fingerprint density at radius 2 is 1.68 bits per heavy atom. The van der Waals surface area contributed by atoms with Crippen LogP contribution in [0.5, 0.6) is 0 Å². The van der Waals surface area contributed by atoms with Crippen molar-refractivity contribution in [3.8, 4) is 0 Å². The third kappa shape index (κ3) is 6.88. The Kier molecular flexibility index (Phi) is 10.7. The van der Waals surface area contributed by atoms with Crippen molar-refractivity contribution < 1.29 is 48.8 Å². The molecule has 0 aromatic heterocycles. The number of fused-ring (bicyclic) bond motifs is 5. The van der Waals surface area contributed by atoms with Crippen molar-refractivity contribution in [2.24, 2.45) is 34.5 Å². The molecule has 0 heterocycles.